The summed E-state index contributed by atoms with van der Waals surface area (Å²) < 4.78 is 0. The Morgan fingerprint density at radius 1 is 1.29 bits per heavy atom. The minimum absolute atomic E-state index is 0.0393. The minimum atomic E-state index is -0.477. The van der Waals surface area contributed by atoms with Crippen molar-refractivity contribution in [3.05, 3.63) is 10.6 Å². The van der Waals surface area contributed by atoms with Crippen LogP contribution in [0.5, 0.6) is 0 Å². The number of likely N-dealkylation sites (N-methyl/N-ethyl adjacent to an activating group) is 1. The predicted molar refractivity (Wildman–Crippen MR) is 54.8 cm³/mol. The van der Waals surface area contributed by atoms with E-state index in [1.807, 2.05) is 0 Å². The fraction of sp³-hybridized carbons (Fsp3) is 0.571. The Bertz CT molecular complexity index is 300. The largest absolute Gasteiger partial charge is 0.392 e. The van der Waals surface area contributed by atoms with E-state index >= 15 is 0 Å². The first-order chi connectivity index (χ1) is 6.49. The molecule has 7 heteroatoms. The topological polar surface area (TPSA) is 62.1 Å². The van der Waals surface area contributed by atoms with Crippen LogP contribution in [0.25, 0.3) is 0 Å². The molecule has 1 atom stereocenters. The Kier molecular flexibility index (Phi) is 3.86. The molecule has 1 heterocycles. The van der Waals surface area contributed by atoms with E-state index in [1.54, 1.807) is 18.9 Å². The summed E-state index contributed by atoms with van der Waals surface area (Å²) in [5.74, 6) is 0.343. The number of rotatable bonds is 3. The minimum Gasteiger partial charge on any atom is -0.392 e. The SMILES string of the molecule is CC(O)CN(C)c1nc(Cl)nc(Cl)n1. The highest BCUT2D eigenvalue weighted by atomic mass is 35.5. The van der Waals surface area contributed by atoms with Crippen LogP contribution >= 0.6 is 23.2 Å². The van der Waals surface area contributed by atoms with Crippen molar-refractivity contribution < 1.29 is 5.11 Å². The third-order valence-corrected chi connectivity index (χ3v) is 1.79. The maximum absolute atomic E-state index is 9.14. The highest BCUT2D eigenvalue weighted by molar-refractivity contribution is 6.31. The van der Waals surface area contributed by atoms with Crippen LogP contribution in [-0.2, 0) is 0 Å². The van der Waals surface area contributed by atoms with Crippen molar-refractivity contribution in [3.8, 4) is 0 Å². The van der Waals surface area contributed by atoms with Crippen LogP contribution in [-0.4, -0.2) is 39.8 Å². The summed E-state index contributed by atoms with van der Waals surface area (Å²) in [5.41, 5.74) is 0. The molecule has 0 radical (unpaired) electrons. The number of hydrogen-bond acceptors (Lipinski definition) is 5. The van der Waals surface area contributed by atoms with Gasteiger partial charge >= 0.3 is 0 Å². The molecular formula is C7H10Cl2N4O. The van der Waals surface area contributed by atoms with Gasteiger partial charge in [0.2, 0.25) is 16.5 Å². The maximum Gasteiger partial charge on any atom is 0.230 e. The van der Waals surface area contributed by atoms with Gasteiger partial charge in [0.1, 0.15) is 0 Å². The third kappa shape index (κ3) is 3.25. The number of nitrogens with zero attached hydrogens (tertiary/aromatic N) is 4. The first-order valence-electron chi connectivity index (χ1n) is 3.95. The highest BCUT2D eigenvalue weighted by Gasteiger charge is 2.09. The number of aliphatic hydroxyl groups is 1. The number of hydrogen-bond donors (Lipinski definition) is 1. The molecule has 0 aliphatic heterocycles. The van der Waals surface area contributed by atoms with Crippen molar-refractivity contribution >= 4 is 29.2 Å². The molecule has 0 aromatic carbocycles. The molecule has 0 fully saturated rings. The van der Waals surface area contributed by atoms with Crippen molar-refractivity contribution in [2.24, 2.45) is 0 Å². The van der Waals surface area contributed by atoms with Crippen LogP contribution in [0.3, 0.4) is 0 Å². The summed E-state index contributed by atoms with van der Waals surface area (Å²) >= 11 is 11.2. The number of anilines is 1. The zero-order valence-electron chi connectivity index (χ0n) is 7.78. The first-order valence-corrected chi connectivity index (χ1v) is 4.71. The number of aromatic nitrogens is 3. The summed E-state index contributed by atoms with van der Waals surface area (Å²) in [6, 6.07) is 0. The second kappa shape index (κ2) is 4.72. The molecule has 0 aliphatic carbocycles. The monoisotopic (exact) mass is 236 g/mol. The molecule has 1 aromatic heterocycles. The fourth-order valence-electron chi connectivity index (χ4n) is 0.965. The first kappa shape index (κ1) is 11.4. The van der Waals surface area contributed by atoms with Gasteiger partial charge < -0.3 is 10.0 Å². The van der Waals surface area contributed by atoms with Gasteiger partial charge in [0.25, 0.3) is 0 Å². The van der Waals surface area contributed by atoms with Crippen LogP contribution in [0.15, 0.2) is 0 Å². The van der Waals surface area contributed by atoms with E-state index in [0.29, 0.717) is 12.5 Å². The fourth-order valence-corrected chi connectivity index (χ4v) is 1.32. The summed E-state index contributed by atoms with van der Waals surface area (Å²) in [4.78, 5) is 13.0. The molecule has 0 saturated carbocycles. The van der Waals surface area contributed by atoms with Crippen molar-refractivity contribution in [2.45, 2.75) is 13.0 Å². The normalized spacial score (nSPS) is 12.6. The summed E-state index contributed by atoms with van der Waals surface area (Å²) in [5, 5.41) is 9.22. The van der Waals surface area contributed by atoms with Gasteiger partial charge in [-0.3, -0.25) is 0 Å². The van der Waals surface area contributed by atoms with Gasteiger partial charge in [-0.05, 0) is 30.1 Å². The highest BCUT2D eigenvalue weighted by Crippen LogP contribution is 2.12. The molecule has 0 aliphatic rings. The average Bonchev–Trinajstić information content (AvgIpc) is 2.00. The van der Waals surface area contributed by atoms with Crippen LogP contribution in [0, 0.1) is 0 Å². The molecule has 0 saturated heterocycles. The van der Waals surface area contributed by atoms with E-state index in [2.05, 4.69) is 15.0 Å². The molecule has 1 unspecified atom stereocenters. The zero-order valence-corrected chi connectivity index (χ0v) is 9.29. The lowest BCUT2D eigenvalue weighted by Gasteiger charge is -2.18. The van der Waals surface area contributed by atoms with E-state index < -0.39 is 6.10 Å². The zero-order chi connectivity index (χ0) is 10.7. The smallest absolute Gasteiger partial charge is 0.230 e. The second-order valence-electron chi connectivity index (χ2n) is 2.90. The van der Waals surface area contributed by atoms with Gasteiger partial charge in [0.15, 0.2) is 0 Å². The van der Waals surface area contributed by atoms with Crippen LogP contribution in [0.1, 0.15) is 6.92 Å². The lowest BCUT2D eigenvalue weighted by Crippen LogP contribution is -2.28. The maximum atomic E-state index is 9.14. The van der Waals surface area contributed by atoms with Gasteiger partial charge in [-0.1, -0.05) is 0 Å². The molecule has 0 bridgehead atoms. The van der Waals surface area contributed by atoms with E-state index in [4.69, 9.17) is 28.3 Å². The molecule has 14 heavy (non-hydrogen) atoms. The summed E-state index contributed by atoms with van der Waals surface area (Å²) in [7, 11) is 1.73. The van der Waals surface area contributed by atoms with Crippen molar-refractivity contribution in [3.63, 3.8) is 0 Å². The Balaban J connectivity index is 2.84. The van der Waals surface area contributed by atoms with Gasteiger partial charge in [-0.15, -0.1) is 0 Å². The van der Waals surface area contributed by atoms with Crippen LogP contribution < -0.4 is 4.90 Å². The Morgan fingerprint density at radius 2 is 1.79 bits per heavy atom. The van der Waals surface area contributed by atoms with Gasteiger partial charge in [-0.2, -0.15) is 15.0 Å². The number of aliphatic hydroxyl groups excluding tert-OH is 1. The Labute approximate surface area is 91.7 Å². The molecule has 0 amide bonds. The van der Waals surface area contributed by atoms with Crippen molar-refractivity contribution in [1.82, 2.24) is 15.0 Å². The van der Waals surface area contributed by atoms with Crippen molar-refractivity contribution in [1.29, 1.82) is 0 Å². The summed E-state index contributed by atoms with van der Waals surface area (Å²) in [6.07, 6.45) is -0.477. The quantitative estimate of drug-likeness (QED) is 0.849. The Hall–Kier alpha value is -0.650. The van der Waals surface area contributed by atoms with E-state index in [9.17, 15) is 0 Å². The van der Waals surface area contributed by atoms with Crippen LogP contribution in [0.2, 0.25) is 10.6 Å². The Morgan fingerprint density at radius 3 is 2.21 bits per heavy atom. The summed E-state index contributed by atoms with van der Waals surface area (Å²) in [6.45, 7) is 2.07. The third-order valence-electron chi connectivity index (χ3n) is 1.45. The molecule has 1 aromatic rings. The van der Waals surface area contributed by atoms with E-state index in [-0.39, 0.29) is 10.6 Å². The molecule has 1 rings (SSSR count). The molecule has 0 spiro atoms. The van der Waals surface area contributed by atoms with Crippen molar-refractivity contribution in [2.75, 3.05) is 18.5 Å². The molecule has 78 valence electrons. The van der Waals surface area contributed by atoms with E-state index in [1.165, 1.54) is 0 Å². The molecule has 5 nitrogen and oxygen atoms in total. The van der Waals surface area contributed by atoms with Gasteiger partial charge in [0.05, 0.1) is 6.10 Å². The predicted octanol–water partition coefficient (Wildman–Crippen LogP) is 0.995. The standard InChI is InChI=1S/C7H10Cl2N4O/c1-4(14)3-13(2)7-11-5(8)10-6(9)12-7/h4,14H,3H2,1-2H3. The van der Waals surface area contributed by atoms with Gasteiger partial charge in [-0.25, -0.2) is 0 Å². The van der Waals surface area contributed by atoms with Gasteiger partial charge in [0, 0.05) is 13.6 Å². The van der Waals surface area contributed by atoms with Crippen LogP contribution in [0.4, 0.5) is 5.95 Å². The molecular weight excluding hydrogens is 227 g/mol. The molecule has 1 N–H and O–H groups in total. The second-order valence-corrected chi connectivity index (χ2v) is 3.58. The van der Waals surface area contributed by atoms with E-state index in [0.717, 1.165) is 0 Å². The lowest BCUT2D eigenvalue weighted by atomic mass is 10.4. The average molecular weight is 237 g/mol. The number of halogens is 2. The lowest BCUT2D eigenvalue weighted by molar-refractivity contribution is 0.201.